The lowest BCUT2D eigenvalue weighted by molar-refractivity contribution is -0.326. The lowest BCUT2D eigenvalue weighted by atomic mass is 9.87. The van der Waals surface area contributed by atoms with Gasteiger partial charge in [-0.15, -0.1) is 0 Å². The summed E-state index contributed by atoms with van der Waals surface area (Å²) >= 11 is 1.13. The van der Waals surface area contributed by atoms with E-state index < -0.39 is 0 Å². The Balaban J connectivity index is 2.24. The Bertz CT molecular complexity index is 536. The minimum atomic E-state index is -0.120. The zero-order valence-corrected chi connectivity index (χ0v) is 11.6. The Morgan fingerprint density at radius 1 is 1.22 bits per heavy atom. The van der Waals surface area contributed by atoms with Gasteiger partial charge in [0.05, 0.1) is 0 Å². The van der Waals surface area contributed by atoms with Crippen LogP contribution >= 0.6 is 11.8 Å². The van der Waals surface area contributed by atoms with Gasteiger partial charge in [0.15, 0.2) is 0 Å². The second-order valence-electron chi connectivity index (χ2n) is 5.31. The number of carbonyl (C=O) groups is 1. The van der Waals surface area contributed by atoms with Gasteiger partial charge in [0.25, 0.3) is 5.84 Å². The van der Waals surface area contributed by atoms with E-state index in [1.807, 2.05) is 18.2 Å². The summed E-state index contributed by atoms with van der Waals surface area (Å²) in [4.78, 5) is 14.5. The predicted octanol–water partition coefficient (Wildman–Crippen LogP) is 1.63. The summed E-state index contributed by atoms with van der Waals surface area (Å²) < 4.78 is 0. The van der Waals surface area contributed by atoms with Crippen molar-refractivity contribution in [2.75, 3.05) is 0 Å². The zero-order chi connectivity index (χ0) is 13.3. The van der Waals surface area contributed by atoms with E-state index in [0.717, 1.165) is 22.2 Å². The van der Waals surface area contributed by atoms with Crippen LogP contribution < -0.4 is 10.7 Å². The van der Waals surface area contributed by atoms with E-state index in [4.69, 9.17) is 5.73 Å². The summed E-state index contributed by atoms with van der Waals surface area (Å²) in [5, 5.41) is -0.120. The molecule has 3 nitrogen and oxygen atoms in total. The quantitative estimate of drug-likeness (QED) is 0.808. The van der Waals surface area contributed by atoms with Crippen LogP contribution in [0.15, 0.2) is 29.2 Å². The molecule has 1 aliphatic rings. The van der Waals surface area contributed by atoms with Crippen molar-refractivity contribution >= 4 is 28.9 Å². The molecule has 0 fully saturated rings. The Hall–Kier alpha value is -1.55. The molecule has 0 aromatic heterocycles. The highest BCUT2D eigenvalue weighted by molar-refractivity contribution is 8.17. The maximum atomic E-state index is 11.1. The smallest absolute Gasteiger partial charge is 0.286 e. The number of amides is 1. The fourth-order valence-corrected chi connectivity index (χ4v) is 2.41. The minimum absolute atomic E-state index is 0.120. The number of nitrogens with two attached hydrogens (primary N) is 1. The Kier molecular flexibility index (Phi) is 3.30. The van der Waals surface area contributed by atoms with Gasteiger partial charge in [-0.2, -0.15) is 4.99 Å². The zero-order valence-electron chi connectivity index (χ0n) is 10.8. The number of carbonyl (C=O) groups excluding carboxylic acids is 1. The fraction of sp³-hybridized carbons (Fsp3) is 0.286. The minimum Gasteiger partial charge on any atom is -0.286 e. The molecule has 1 heterocycles. The number of hydrogen-bond donors (Lipinski definition) is 2. The number of amidine groups is 1. The molecular formula is C14H17N2OS+. The SMILES string of the molecule is CC(C)(C)c1ccc(/C=C2\SC(=O)[NH+]=C2N)cc1. The molecule has 0 spiro atoms. The van der Waals surface area contributed by atoms with E-state index in [1.54, 1.807) is 0 Å². The average Bonchev–Trinajstić information content (AvgIpc) is 2.57. The third-order valence-corrected chi connectivity index (χ3v) is 3.62. The molecule has 0 saturated heterocycles. The summed E-state index contributed by atoms with van der Waals surface area (Å²) in [6.07, 6.45) is 1.92. The van der Waals surface area contributed by atoms with Gasteiger partial charge in [-0.25, -0.2) is 4.79 Å². The van der Waals surface area contributed by atoms with Crippen LogP contribution in [0.25, 0.3) is 6.08 Å². The van der Waals surface area contributed by atoms with Crippen molar-refractivity contribution in [2.45, 2.75) is 26.2 Å². The average molecular weight is 261 g/mol. The second kappa shape index (κ2) is 4.61. The van der Waals surface area contributed by atoms with Crippen molar-refractivity contribution in [3.8, 4) is 0 Å². The first kappa shape index (κ1) is 12.9. The van der Waals surface area contributed by atoms with Gasteiger partial charge in [-0.3, -0.25) is 5.73 Å². The van der Waals surface area contributed by atoms with Crippen molar-refractivity contribution in [1.82, 2.24) is 0 Å². The van der Waals surface area contributed by atoms with Crippen molar-refractivity contribution in [2.24, 2.45) is 5.73 Å². The standard InChI is InChI=1S/C14H16N2OS/c1-14(2,3)10-6-4-9(5-7-10)8-11-12(15)16-13(17)18-11/h4-8H,1-3H3,(H2,15,16,17)/p+1/b11-8-. The van der Waals surface area contributed by atoms with Crippen molar-refractivity contribution in [3.63, 3.8) is 0 Å². The molecule has 1 aliphatic heterocycles. The van der Waals surface area contributed by atoms with Crippen LogP contribution in [-0.4, -0.2) is 11.1 Å². The maximum Gasteiger partial charge on any atom is 0.372 e. The van der Waals surface area contributed by atoms with Crippen molar-refractivity contribution in [3.05, 3.63) is 40.3 Å². The molecular weight excluding hydrogens is 244 g/mol. The molecule has 4 heteroatoms. The molecule has 0 unspecified atom stereocenters. The largest absolute Gasteiger partial charge is 0.372 e. The van der Waals surface area contributed by atoms with E-state index in [2.05, 4.69) is 37.9 Å². The molecule has 3 N–H and O–H groups in total. The summed E-state index contributed by atoms with van der Waals surface area (Å²) in [5.41, 5.74) is 8.19. The van der Waals surface area contributed by atoms with Crippen LogP contribution in [0.1, 0.15) is 31.9 Å². The van der Waals surface area contributed by atoms with E-state index in [0.29, 0.717) is 5.84 Å². The van der Waals surface area contributed by atoms with Gasteiger partial charge in [0.1, 0.15) is 4.91 Å². The highest BCUT2D eigenvalue weighted by atomic mass is 32.2. The third kappa shape index (κ3) is 2.82. The number of hydrogen-bond acceptors (Lipinski definition) is 3. The second-order valence-corrected chi connectivity index (χ2v) is 6.32. The van der Waals surface area contributed by atoms with Crippen molar-refractivity contribution in [1.29, 1.82) is 0 Å². The first-order valence-electron chi connectivity index (χ1n) is 5.80. The molecule has 0 aliphatic carbocycles. The number of rotatable bonds is 1. The first-order valence-corrected chi connectivity index (χ1v) is 6.62. The fourth-order valence-electron chi connectivity index (χ4n) is 1.69. The van der Waals surface area contributed by atoms with E-state index in [1.165, 1.54) is 5.56 Å². The van der Waals surface area contributed by atoms with Crippen LogP contribution in [-0.2, 0) is 5.41 Å². The van der Waals surface area contributed by atoms with Gasteiger partial charge in [-0.05, 0) is 22.6 Å². The van der Waals surface area contributed by atoms with Gasteiger partial charge < -0.3 is 0 Å². The van der Waals surface area contributed by atoms with Crippen LogP contribution in [0.2, 0.25) is 0 Å². The predicted molar refractivity (Wildman–Crippen MR) is 76.3 cm³/mol. The number of thioether (sulfide) groups is 1. The topological polar surface area (TPSA) is 57.1 Å². The molecule has 0 atom stereocenters. The van der Waals surface area contributed by atoms with Gasteiger partial charge in [0, 0.05) is 11.8 Å². The Morgan fingerprint density at radius 3 is 2.28 bits per heavy atom. The first-order chi connectivity index (χ1) is 8.36. The van der Waals surface area contributed by atoms with Crippen LogP contribution in [0, 0.1) is 0 Å². The normalized spacial score (nSPS) is 18.3. The summed E-state index contributed by atoms with van der Waals surface area (Å²) in [6.45, 7) is 6.55. The van der Waals surface area contributed by atoms with E-state index >= 15 is 0 Å². The molecule has 0 saturated carbocycles. The van der Waals surface area contributed by atoms with Gasteiger partial charge in [-0.1, -0.05) is 45.0 Å². The number of benzene rings is 1. The summed E-state index contributed by atoms with van der Waals surface area (Å²) in [6, 6.07) is 8.31. The maximum absolute atomic E-state index is 11.1. The Morgan fingerprint density at radius 2 is 1.83 bits per heavy atom. The van der Waals surface area contributed by atoms with Gasteiger partial charge in [0.2, 0.25) is 0 Å². The molecule has 0 radical (unpaired) electrons. The molecule has 1 aromatic rings. The molecule has 2 rings (SSSR count). The molecule has 94 valence electrons. The van der Waals surface area contributed by atoms with E-state index in [9.17, 15) is 4.79 Å². The van der Waals surface area contributed by atoms with E-state index in [-0.39, 0.29) is 10.7 Å². The monoisotopic (exact) mass is 261 g/mol. The van der Waals surface area contributed by atoms with Gasteiger partial charge >= 0.3 is 5.24 Å². The lowest BCUT2D eigenvalue weighted by Crippen LogP contribution is -2.74. The van der Waals surface area contributed by atoms with Crippen LogP contribution in [0.5, 0.6) is 0 Å². The number of nitrogens with one attached hydrogen (secondary N) is 1. The van der Waals surface area contributed by atoms with Crippen LogP contribution in [0.3, 0.4) is 0 Å². The Labute approximate surface area is 111 Å². The molecule has 1 aromatic carbocycles. The third-order valence-electron chi connectivity index (χ3n) is 2.78. The summed E-state index contributed by atoms with van der Waals surface area (Å²) in [5.74, 6) is 0.435. The van der Waals surface area contributed by atoms with Crippen molar-refractivity contribution < 1.29 is 9.79 Å². The van der Waals surface area contributed by atoms with Crippen LogP contribution in [0.4, 0.5) is 4.79 Å². The lowest BCUT2D eigenvalue weighted by Gasteiger charge is -2.18. The highest BCUT2D eigenvalue weighted by Gasteiger charge is 2.24. The highest BCUT2D eigenvalue weighted by Crippen LogP contribution is 2.24. The summed E-state index contributed by atoms with van der Waals surface area (Å²) in [7, 11) is 0. The molecule has 18 heavy (non-hydrogen) atoms. The molecule has 1 amide bonds. The molecule has 0 bridgehead atoms.